The summed E-state index contributed by atoms with van der Waals surface area (Å²) in [5.74, 6) is -0.548. The lowest BCUT2D eigenvalue weighted by Crippen LogP contribution is -2.29. The SMILES string of the molecule is NC(=O)c1ccc2c(ccn2Cc2ccc(B(O)O)cc2)n1. The Labute approximate surface area is 127 Å². The molecule has 0 saturated heterocycles. The zero-order valence-corrected chi connectivity index (χ0v) is 11.7. The smallest absolute Gasteiger partial charge is 0.423 e. The maximum atomic E-state index is 11.1. The summed E-state index contributed by atoms with van der Waals surface area (Å²) >= 11 is 0. The summed E-state index contributed by atoms with van der Waals surface area (Å²) < 4.78 is 2.00. The monoisotopic (exact) mass is 295 g/mol. The van der Waals surface area contributed by atoms with Gasteiger partial charge in [0.25, 0.3) is 5.91 Å². The molecule has 0 spiro atoms. The summed E-state index contributed by atoms with van der Waals surface area (Å²) in [5.41, 5.74) is 8.54. The minimum atomic E-state index is -1.46. The van der Waals surface area contributed by atoms with Crippen molar-refractivity contribution in [1.82, 2.24) is 9.55 Å². The van der Waals surface area contributed by atoms with Gasteiger partial charge in [0, 0.05) is 12.7 Å². The lowest BCUT2D eigenvalue weighted by molar-refractivity contribution is 0.0996. The number of carbonyl (C=O) groups excluding carboxylic acids is 1. The van der Waals surface area contributed by atoms with Crippen molar-refractivity contribution in [1.29, 1.82) is 0 Å². The number of fused-ring (bicyclic) bond motifs is 1. The van der Waals surface area contributed by atoms with Gasteiger partial charge in [0.05, 0.1) is 11.0 Å². The topological polar surface area (TPSA) is 101 Å². The average Bonchev–Trinajstić information content (AvgIpc) is 2.90. The summed E-state index contributed by atoms with van der Waals surface area (Å²) in [6.45, 7) is 0.614. The summed E-state index contributed by atoms with van der Waals surface area (Å²) in [6, 6.07) is 12.3. The molecule has 2 heterocycles. The van der Waals surface area contributed by atoms with E-state index in [1.165, 1.54) is 0 Å². The van der Waals surface area contributed by atoms with Gasteiger partial charge in [-0.3, -0.25) is 4.79 Å². The Bertz CT molecular complexity index is 828. The van der Waals surface area contributed by atoms with Gasteiger partial charge in [-0.2, -0.15) is 0 Å². The largest absolute Gasteiger partial charge is 0.488 e. The van der Waals surface area contributed by atoms with Crippen LogP contribution in [0, 0.1) is 0 Å². The number of hydrogen-bond acceptors (Lipinski definition) is 4. The second-order valence-electron chi connectivity index (χ2n) is 5.02. The van der Waals surface area contributed by atoms with Gasteiger partial charge in [-0.05, 0) is 29.2 Å². The first-order valence-corrected chi connectivity index (χ1v) is 6.75. The van der Waals surface area contributed by atoms with Crippen LogP contribution < -0.4 is 11.2 Å². The zero-order chi connectivity index (χ0) is 15.7. The van der Waals surface area contributed by atoms with Gasteiger partial charge in [-0.1, -0.05) is 24.3 Å². The Hall–Kier alpha value is -2.64. The van der Waals surface area contributed by atoms with Crippen LogP contribution in [-0.2, 0) is 6.54 Å². The van der Waals surface area contributed by atoms with E-state index < -0.39 is 13.0 Å². The van der Waals surface area contributed by atoms with E-state index in [9.17, 15) is 4.79 Å². The molecule has 3 aromatic rings. The molecule has 1 aromatic carbocycles. The molecule has 0 bridgehead atoms. The van der Waals surface area contributed by atoms with Gasteiger partial charge in [-0.15, -0.1) is 0 Å². The van der Waals surface area contributed by atoms with Gasteiger partial charge in [0.2, 0.25) is 0 Å². The van der Waals surface area contributed by atoms with E-state index in [-0.39, 0.29) is 5.69 Å². The van der Waals surface area contributed by atoms with E-state index in [2.05, 4.69) is 4.98 Å². The Balaban J connectivity index is 1.89. The molecule has 4 N–H and O–H groups in total. The number of aromatic nitrogens is 2. The van der Waals surface area contributed by atoms with Crippen LogP contribution >= 0.6 is 0 Å². The molecule has 22 heavy (non-hydrogen) atoms. The molecule has 0 aliphatic rings. The zero-order valence-electron chi connectivity index (χ0n) is 11.7. The normalized spacial score (nSPS) is 10.8. The number of nitrogens with zero attached hydrogens (tertiary/aromatic N) is 2. The van der Waals surface area contributed by atoms with Crippen molar-refractivity contribution >= 4 is 29.5 Å². The second kappa shape index (κ2) is 5.63. The van der Waals surface area contributed by atoms with E-state index in [0.717, 1.165) is 11.1 Å². The van der Waals surface area contributed by atoms with E-state index in [1.807, 2.05) is 35.0 Å². The first-order chi connectivity index (χ1) is 10.5. The predicted octanol–water partition coefficient (Wildman–Crippen LogP) is -0.137. The third-order valence-corrected chi connectivity index (χ3v) is 3.51. The van der Waals surface area contributed by atoms with E-state index in [0.29, 0.717) is 17.5 Å². The molecule has 0 fully saturated rings. The molecule has 0 aliphatic carbocycles. The first-order valence-electron chi connectivity index (χ1n) is 6.75. The molecule has 6 nitrogen and oxygen atoms in total. The molecule has 2 aromatic heterocycles. The fourth-order valence-corrected chi connectivity index (χ4v) is 2.34. The van der Waals surface area contributed by atoms with Crippen LogP contribution in [0.2, 0.25) is 0 Å². The number of primary amides is 1. The van der Waals surface area contributed by atoms with Crippen molar-refractivity contribution in [2.45, 2.75) is 6.54 Å². The minimum Gasteiger partial charge on any atom is -0.423 e. The van der Waals surface area contributed by atoms with Gasteiger partial charge in [0.15, 0.2) is 0 Å². The summed E-state index contributed by atoms with van der Waals surface area (Å²) in [7, 11) is -1.46. The standard InChI is InChI=1S/C15H14BN3O3/c17-15(20)13-5-6-14-12(18-13)7-8-19(14)9-10-1-3-11(4-2-10)16(21)22/h1-8,21-22H,9H2,(H2,17,20). The molecule has 110 valence electrons. The van der Waals surface area contributed by atoms with Crippen LogP contribution in [0.1, 0.15) is 16.1 Å². The van der Waals surface area contributed by atoms with E-state index >= 15 is 0 Å². The first kappa shape index (κ1) is 14.3. The maximum Gasteiger partial charge on any atom is 0.488 e. The molecule has 3 rings (SSSR count). The Morgan fingerprint density at radius 3 is 2.50 bits per heavy atom. The molecule has 0 unspecified atom stereocenters. The second-order valence-corrected chi connectivity index (χ2v) is 5.02. The van der Waals surface area contributed by atoms with Gasteiger partial charge >= 0.3 is 7.12 Å². The molecule has 0 saturated carbocycles. The van der Waals surface area contributed by atoms with Crippen molar-refractivity contribution in [3.05, 3.63) is 59.9 Å². The molecule has 0 radical (unpaired) electrons. The molecule has 0 atom stereocenters. The fraction of sp³-hybridized carbons (Fsp3) is 0.0667. The minimum absolute atomic E-state index is 0.242. The number of pyridine rings is 1. The average molecular weight is 295 g/mol. The maximum absolute atomic E-state index is 11.1. The highest BCUT2D eigenvalue weighted by Crippen LogP contribution is 2.16. The van der Waals surface area contributed by atoms with Crippen LogP contribution in [0.3, 0.4) is 0 Å². The predicted molar refractivity (Wildman–Crippen MR) is 83.6 cm³/mol. The van der Waals surface area contributed by atoms with Crippen molar-refractivity contribution in [3.8, 4) is 0 Å². The van der Waals surface area contributed by atoms with Crippen molar-refractivity contribution in [2.75, 3.05) is 0 Å². The van der Waals surface area contributed by atoms with Crippen LogP contribution in [0.15, 0.2) is 48.7 Å². The van der Waals surface area contributed by atoms with Gasteiger partial charge in [-0.25, -0.2) is 4.98 Å². The number of amides is 1. The third-order valence-electron chi connectivity index (χ3n) is 3.51. The summed E-state index contributed by atoms with van der Waals surface area (Å²) in [4.78, 5) is 15.4. The van der Waals surface area contributed by atoms with Crippen LogP contribution in [0.25, 0.3) is 11.0 Å². The Kier molecular flexibility index (Phi) is 3.66. The number of nitrogens with two attached hydrogens (primary N) is 1. The number of benzene rings is 1. The van der Waals surface area contributed by atoms with Crippen LogP contribution in [0.5, 0.6) is 0 Å². The van der Waals surface area contributed by atoms with Crippen molar-refractivity contribution < 1.29 is 14.8 Å². The Morgan fingerprint density at radius 2 is 1.86 bits per heavy atom. The molecular formula is C15H14BN3O3. The molecule has 1 amide bonds. The van der Waals surface area contributed by atoms with Gasteiger partial charge in [0.1, 0.15) is 5.69 Å². The molecule has 7 heteroatoms. The van der Waals surface area contributed by atoms with E-state index in [4.69, 9.17) is 15.8 Å². The summed E-state index contributed by atoms with van der Waals surface area (Å²) in [6.07, 6.45) is 1.89. The Morgan fingerprint density at radius 1 is 1.14 bits per heavy atom. The van der Waals surface area contributed by atoms with Crippen molar-refractivity contribution in [2.24, 2.45) is 5.73 Å². The number of rotatable bonds is 4. The fourth-order valence-electron chi connectivity index (χ4n) is 2.34. The summed E-state index contributed by atoms with van der Waals surface area (Å²) in [5, 5.41) is 18.2. The van der Waals surface area contributed by atoms with E-state index in [1.54, 1.807) is 18.2 Å². The van der Waals surface area contributed by atoms with Crippen LogP contribution in [0.4, 0.5) is 0 Å². The molecule has 0 aliphatic heterocycles. The highest BCUT2D eigenvalue weighted by atomic mass is 16.4. The highest BCUT2D eigenvalue weighted by molar-refractivity contribution is 6.58. The number of carbonyl (C=O) groups is 1. The lowest BCUT2D eigenvalue weighted by atomic mass is 9.80. The molecular weight excluding hydrogens is 281 g/mol. The number of hydrogen-bond donors (Lipinski definition) is 3. The van der Waals surface area contributed by atoms with Gasteiger partial charge < -0.3 is 20.3 Å². The third kappa shape index (κ3) is 2.72. The quantitative estimate of drug-likeness (QED) is 0.583. The highest BCUT2D eigenvalue weighted by Gasteiger charge is 2.11. The lowest BCUT2D eigenvalue weighted by Gasteiger charge is -2.07. The van der Waals surface area contributed by atoms with Crippen molar-refractivity contribution in [3.63, 3.8) is 0 Å². The van der Waals surface area contributed by atoms with Crippen LogP contribution in [-0.4, -0.2) is 32.6 Å².